The SMILES string of the molecule is COc1cc2c(cc1-c1ccnn1C)-c1c(c(C(=O)N(C(N)(N)N)C3(COC(N)(N)N)COC3)nn1-c1ccsc1)CO2. The molecule has 4 aromatic rings. The summed E-state index contributed by atoms with van der Waals surface area (Å²) < 4.78 is 26.2. The quantitative estimate of drug-likeness (QED) is 0.126. The van der Waals surface area contributed by atoms with Crippen molar-refractivity contribution in [2.24, 2.45) is 41.4 Å². The number of aromatic nitrogens is 4. The first-order valence-corrected chi connectivity index (χ1v) is 14.0. The fourth-order valence-corrected chi connectivity index (χ4v) is 6.02. The third-order valence-electron chi connectivity index (χ3n) is 7.36. The van der Waals surface area contributed by atoms with E-state index in [2.05, 4.69) is 5.10 Å². The monoisotopic (exact) mass is 611 g/mol. The zero-order chi connectivity index (χ0) is 30.7. The number of nitrogens with zero attached hydrogens (tertiary/aromatic N) is 5. The lowest BCUT2D eigenvalue weighted by Gasteiger charge is -2.53. The van der Waals surface area contributed by atoms with Crippen LogP contribution in [0.25, 0.3) is 28.2 Å². The highest BCUT2D eigenvalue weighted by Gasteiger charge is 2.54. The maximum atomic E-state index is 14.4. The Hall–Kier alpha value is -3.91. The number of nitrogens with two attached hydrogens (primary N) is 6. The molecule has 5 heterocycles. The van der Waals surface area contributed by atoms with Gasteiger partial charge in [-0.3, -0.25) is 48.8 Å². The van der Waals surface area contributed by atoms with Gasteiger partial charge in [-0.15, -0.1) is 0 Å². The highest BCUT2D eigenvalue weighted by molar-refractivity contribution is 7.08. The number of rotatable bonds is 9. The van der Waals surface area contributed by atoms with E-state index in [1.54, 1.807) is 28.7 Å². The van der Waals surface area contributed by atoms with Gasteiger partial charge in [-0.1, -0.05) is 0 Å². The normalized spacial score (nSPS) is 15.7. The van der Waals surface area contributed by atoms with Crippen LogP contribution < -0.4 is 43.9 Å². The van der Waals surface area contributed by atoms with Crippen molar-refractivity contribution < 1.29 is 23.7 Å². The number of ether oxygens (including phenoxy) is 4. The molecule has 228 valence electrons. The smallest absolute Gasteiger partial charge is 0.279 e. The molecule has 0 bridgehead atoms. The number of hydrogen-bond donors (Lipinski definition) is 6. The molecule has 0 radical (unpaired) electrons. The van der Waals surface area contributed by atoms with Gasteiger partial charge in [0.25, 0.3) is 5.91 Å². The van der Waals surface area contributed by atoms with Gasteiger partial charge in [-0.05, 0) is 23.6 Å². The van der Waals surface area contributed by atoms with Crippen LogP contribution in [0.4, 0.5) is 0 Å². The summed E-state index contributed by atoms with van der Waals surface area (Å²) in [7, 11) is 3.42. The Morgan fingerprint density at radius 1 is 1.16 bits per heavy atom. The Balaban J connectivity index is 1.52. The minimum absolute atomic E-state index is 0.0111. The van der Waals surface area contributed by atoms with Crippen molar-refractivity contribution in [1.82, 2.24) is 24.5 Å². The Kier molecular flexibility index (Phi) is 7.03. The van der Waals surface area contributed by atoms with Crippen LogP contribution in [-0.2, 0) is 23.1 Å². The largest absolute Gasteiger partial charge is 0.496 e. The van der Waals surface area contributed by atoms with Crippen LogP contribution in [0.5, 0.6) is 11.5 Å². The van der Waals surface area contributed by atoms with Crippen LogP contribution in [0.15, 0.2) is 41.2 Å². The van der Waals surface area contributed by atoms with Crippen LogP contribution in [0, 0.1) is 0 Å². The molecule has 3 aromatic heterocycles. The van der Waals surface area contributed by atoms with Gasteiger partial charge in [0.2, 0.25) is 11.9 Å². The Morgan fingerprint density at radius 2 is 1.93 bits per heavy atom. The van der Waals surface area contributed by atoms with E-state index in [1.165, 1.54) is 11.3 Å². The molecule has 2 aliphatic heterocycles. The number of carbonyl (C=O) groups is 1. The van der Waals surface area contributed by atoms with Crippen molar-refractivity contribution in [3.05, 3.63) is 52.5 Å². The van der Waals surface area contributed by atoms with Gasteiger partial charge in [0.05, 0.1) is 44.0 Å². The Labute approximate surface area is 250 Å². The number of methoxy groups -OCH3 is 1. The zero-order valence-corrected chi connectivity index (χ0v) is 24.3. The van der Waals surface area contributed by atoms with Gasteiger partial charge in [0.1, 0.15) is 23.6 Å². The molecule has 1 amide bonds. The van der Waals surface area contributed by atoms with Crippen LogP contribution in [0.1, 0.15) is 16.1 Å². The minimum Gasteiger partial charge on any atom is -0.496 e. The molecule has 0 aliphatic carbocycles. The summed E-state index contributed by atoms with van der Waals surface area (Å²) in [6, 6.07) is 7.50. The number of amides is 1. The first-order valence-electron chi connectivity index (χ1n) is 13.1. The minimum atomic E-state index is -2.16. The molecule has 2 aliphatic rings. The summed E-state index contributed by atoms with van der Waals surface area (Å²) in [6.45, 7) is -0.262. The maximum Gasteiger partial charge on any atom is 0.279 e. The van der Waals surface area contributed by atoms with E-state index in [0.717, 1.165) is 21.8 Å². The molecular weight excluding hydrogens is 578 g/mol. The predicted molar refractivity (Wildman–Crippen MR) is 156 cm³/mol. The van der Waals surface area contributed by atoms with Gasteiger partial charge in [0, 0.05) is 41.4 Å². The van der Waals surface area contributed by atoms with Crippen molar-refractivity contribution in [3.8, 4) is 39.7 Å². The summed E-state index contributed by atoms with van der Waals surface area (Å²) in [5.41, 5.74) is 38.5. The van der Waals surface area contributed by atoms with Crippen molar-refractivity contribution in [1.29, 1.82) is 0 Å². The number of thiophene rings is 1. The lowest BCUT2D eigenvalue weighted by atomic mass is 9.93. The number of aryl methyl sites for hydroxylation is 1. The zero-order valence-electron chi connectivity index (χ0n) is 23.5. The molecule has 43 heavy (non-hydrogen) atoms. The molecule has 1 aromatic carbocycles. The molecular formula is C26H33N11O5S. The standard InChI is InChI=1S/C26H33N11O5S/c1-35-18(3-5-33-35)15-7-16-20(8-19(15)39-2)41-9-17-21(34-36(22(16)17)14-4-6-43-10-14)23(38)37(25(27,28)29)24(11-40-12-24)13-42-26(30,31)32/h3-8,10H,9,11-13,27-32H2,1-2H3. The maximum absolute atomic E-state index is 14.4. The summed E-state index contributed by atoms with van der Waals surface area (Å²) in [5.74, 6) is -3.67. The summed E-state index contributed by atoms with van der Waals surface area (Å²) in [6.07, 6.45) is 1.70. The molecule has 12 N–H and O–H groups in total. The second-order valence-electron chi connectivity index (χ2n) is 10.6. The van der Waals surface area contributed by atoms with Crippen LogP contribution in [0.2, 0.25) is 0 Å². The van der Waals surface area contributed by atoms with E-state index in [9.17, 15) is 4.79 Å². The number of carbonyl (C=O) groups excluding carboxylic acids is 1. The fraction of sp³-hybridized carbons (Fsp3) is 0.346. The molecule has 0 saturated carbocycles. The number of benzene rings is 1. The van der Waals surface area contributed by atoms with Crippen LogP contribution in [0.3, 0.4) is 0 Å². The summed E-state index contributed by atoms with van der Waals surface area (Å²) >= 11 is 1.48. The molecule has 0 atom stereocenters. The summed E-state index contributed by atoms with van der Waals surface area (Å²) in [5, 5.41) is 12.9. The van der Waals surface area contributed by atoms with E-state index < -0.39 is 23.3 Å². The van der Waals surface area contributed by atoms with Gasteiger partial charge in [-0.25, -0.2) is 4.68 Å². The Morgan fingerprint density at radius 3 is 2.49 bits per heavy atom. The molecule has 0 unspecified atom stereocenters. The Bertz CT molecular complexity index is 1670. The average Bonchev–Trinajstić information content (AvgIpc) is 3.67. The van der Waals surface area contributed by atoms with Gasteiger partial charge < -0.3 is 18.9 Å². The van der Waals surface area contributed by atoms with E-state index in [0.29, 0.717) is 28.3 Å². The number of hydrogen-bond acceptors (Lipinski definition) is 14. The van der Waals surface area contributed by atoms with Gasteiger partial charge >= 0.3 is 0 Å². The van der Waals surface area contributed by atoms with E-state index >= 15 is 0 Å². The third kappa shape index (κ3) is 5.05. The first kappa shape index (κ1) is 29.2. The molecule has 6 rings (SSSR count). The van der Waals surface area contributed by atoms with Crippen LogP contribution in [-0.4, -0.2) is 74.7 Å². The van der Waals surface area contributed by atoms with Crippen molar-refractivity contribution in [2.45, 2.75) is 24.0 Å². The van der Waals surface area contributed by atoms with Gasteiger partial charge in [-0.2, -0.15) is 21.5 Å². The van der Waals surface area contributed by atoms with Crippen molar-refractivity contribution in [3.63, 3.8) is 0 Å². The van der Waals surface area contributed by atoms with Crippen molar-refractivity contribution >= 4 is 17.2 Å². The van der Waals surface area contributed by atoms with Crippen LogP contribution >= 0.6 is 11.3 Å². The third-order valence-corrected chi connectivity index (χ3v) is 8.03. The van der Waals surface area contributed by atoms with E-state index in [4.69, 9.17) is 58.4 Å². The van der Waals surface area contributed by atoms with E-state index in [1.807, 2.05) is 36.0 Å². The summed E-state index contributed by atoms with van der Waals surface area (Å²) in [4.78, 5) is 15.5. The lowest BCUT2D eigenvalue weighted by Crippen LogP contribution is -2.82. The van der Waals surface area contributed by atoms with Gasteiger partial charge in [0.15, 0.2) is 5.69 Å². The highest BCUT2D eigenvalue weighted by Crippen LogP contribution is 2.46. The predicted octanol–water partition coefficient (Wildman–Crippen LogP) is -0.895. The molecule has 1 fully saturated rings. The molecule has 17 heteroatoms. The number of fused-ring (bicyclic) bond motifs is 3. The molecule has 0 spiro atoms. The average molecular weight is 612 g/mol. The molecule has 16 nitrogen and oxygen atoms in total. The topological polar surface area (TPSA) is 249 Å². The second kappa shape index (κ2) is 10.4. The highest BCUT2D eigenvalue weighted by atomic mass is 32.1. The fourth-order valence-electron chi connectivity index (χ4n) is 5.40. The van der Waals surface area contributed by atoms with Crippen molar-refractivity contribution in [2.75, 3.05) is 26.9 Å². The second-order valence-corrected chi connectivity index (χ2v) is 11.4. The first-order chi connectivity index (χ1) is 20.3. The van der Waals surface area contributed by atoms with E-state index in [-0.39, 0.29) is 32.1 Å². The lowest BCUT2D eigenvalue weighted by molar-refractivity contribution is -0.199. The molecule has 1 saturated heterocycles.